The summed E-state index contributed by atoms with van der Waals surface area (Å²) in [5.41, 5.74) is 0. The fraction of sp³-hybridized carbons (Fsp3) is 0.771. The van der Waals surface area contributed by atoms with Crippen LogP contribution in [0.5, 0.6) is 0 Å². The highest BCUT2D eigenvalue weighted by atomic mass is 31.2. The summed E-state index contributed by atoms with van der Waals surface area (Å²) < 4.78 is 34.2. The fourth-order valence-electron chi connectivity index (χ4n) is 9.35. The number of quaternary nitrogens is 1. The molecule has 2 unspecified atom stereocenters. The number of likely N-dealkylation sites (N-methyl/N-ethyl adjacent to an activating group) is 1. The lowest BCUT2D eigenvalue weighted by Gasteiger charge is -2.28. The van der Waals surface area contributed by atoms with E-state index < -0.39 is 26.5 Å². The molecule has 0 saturated carbocycles. The predicted molar refractivity (Wildman–Crippen MR) is 342 cm³/mol. The molecule has 0 saturated heterocycles. The van der Waals surface area contributed by atoms with Gasteiger partial charge < -0.3 is 27.9 Å². The third-order valence-corrected chi connectivity index (χ3v) is 15.4. The molecule has 10 heteroatoms. The molecular formula is C70H126NO8P. The van der Waals surface area contributed by atoms with Gasteiger partial charge in [0.15, 0.2) is 6.10 Å². The molecule has 0 bridgehead atoms. The Hall–Kier alpha value is -2.81. The molecule has 0 heterocycles. The van der Waals surface area contributed by atoms with E-state index in [1.165, 1.54) is 180 Å². The van der Waals surface area contributed by atoms with Crippen molar-refractivity contribution in [1.82, 2.24) is 0 Å². The van der Waals surface area contributed by atoms with Crippen LogP contribution in [0.3, 0.4) is 0 Å². The van der Waals surface area contributed by atoms with Crippen LogP contribution in [0.1, 0.15) is 296 Å². The van der Waals surface area contributed by atoms with E-state index in [4.69, 9.17) is 18.5 Å². The third-order valence-electron chi connectivity index (χ3n) is 14.4. The summed E-state index contributed by atoms with van der Waals surface area (Å²) in [4.78, 5) is 37.9. The van der Waals surface area contributed by atoms with Crippen molar-refractivity contribution in [2.24, 2.45) is 0 Å². The Kier molecular flexibility index (Phi) is 58.6. The van der Waals surface area contributed by atoms with Crippen LogP contribution in [0, 0.1) is 0 Å². The number of phosphoric ester groups is 1. The van der Waals surface area contributed by atoms with Crippen LogP contribution < -0.4 is 4.89 Å². The van der Waals surface area contributed by atoms with Crippen LogP contribution in [0.2, 0.25) is 0 Å². The lowest BCUT2D eigenvalue weighted by atomic mass is 10.0. The van der Waals surface area contributed by atoms with Crippen molar-refractivity contribution >= 4 is 19.8 Å². The number of phosphoric acid groups is 1. The van der Waals surface area contributed by atoms with E-state index in [0.29, 0.717) is 17.4 Å². The number of unbranched alkanes of at least 4 members (excludes halogenated alkanes) is 33. The number of nitrogens with zero attached hydrogens (tertiary/aromatic N) is 1. The van der Waals surface area contributed by atoms with Crippen LogP contribution >= 0.6 is 7.82 Å². The number of hydrogen-bond donors (Lipinski definition) is 0. The molecule has 9 nitrogen and oxygen atoms in total. The smallest absolute Gasteiger partial charge is 0.306 e. The number of hydrogen-bond acceptors (Lipinski definition) is 8. The first-order valence-electron chi connectivity index (χ1n) is 33.3. The number of allylic oxidation sites excluding steroid dienone is 14. The van der Waals surface area contributed by atoms with Gasteiger partial charge in [0.05, 0.1) is 27.7 Å². The zero-order valence-electron chi connectivity index (χ0n) is 52.8. The van der Waals surface area contributed by atoms with Crippen LogP contribution in [-0.2, 0) is 32.7 Å². The van der Waals surface area contributed by atoms with Gasteiger partial charge in [-0.25, -0.2) is 0 Å². The van der Waals surface area contributed by atoms with Gasteiger partial charge >= 0.3 is 11.9 Å². The largest absolute Gasteiger partial charge is 0.756 e. The Labute approximate surface area is 494 Å². The van der Waals surface area contributed by atoms with Gasteiger partial charge in [-0.1, -0.05) is 298 Å². The maximum absolute atomic E-state index is 12.8. The highest BCUT2D eigenvalue weighted by Gasteiger charge is 2.22. The van der Waals surface area contributed by atoms with Crippen molar-refractivity contribution in [3.8, 4) is 0 Å². The van der Waals surface area contributed by atoms with Gasteiger partial charge in [-0.3, -0.25) is 14.2 Å². The van der Waals surface area contributed by atoms with Gasteiger partial charge in [0.25, 0.3) is 7.82 Å². The molecule has 0 spiro atoms. The standard InChI is InChI=1S/C70H126NO8P/c1-6-8-10-12-14-16-18-20-22-24-25-26-27-28-29-30-31-32-33-34-35-36-37-38-39-40-41-42-43-44-45-47-49-51-53-55-57-59-61-63-70(73)79-68(67-78-80(74,75)77-65-64-71(3,4)5)66-76-69(72)62-60-58-56-54-52-50-48-46-23-21-19-17-15-13-11-9-7-2/h8,10,14,16,20,22,25-26,28-29,31-32,34-35,68H,6-7,9,11-13,15,17-19,21,23-24,27,30,33,36-67H2,1-5H3/b10-8-,16-14-,22-20-,26-25-,29-28-,32-31-,35-34-. The lowest BCUT2D eigenvalue weighted by Crippen LogP contribution is -2.37. The molecular weight excluding hydrogens is 1010 g/mol. The highest BCUT2D eigenvalue weighted by molar-refractivity contribution is 7.45. The maximum atomic E-state index is 12.8. The minimum Gasteiger partial charge on any atom is -0.756 e. The molecule has 0 radical (unpaired) electrons. The second kappa shape index (κ2) is 60.8. The number of ether oxygens (including phenoxy) is 2. The number of rotatable bonds is 61. The SMILES string of the molecule is CC/C=C\C/C=C\C/C=C\C/C=C\C/C=C\C/C=C\C/C=C\CCCCCCCCCCCCCCCCCCCC(=O)OC(COC(=O)CCCCCCCCCCCCCCCCCCC)COP(=O)([O-])OCC[N+](C)(C)C. The van der Waals surface area contributed by atoms with Crippen molar-refractivity contribution in [2.45, 2.75) is 302 Å². The van der Waals surface area contributed by atoms with Gasteiger partial charge in [-0.05, 0) is 70.6 Å². The van der Waals surface area contributed by atoms with Crippen LogP contribution in [0.15, 0.2) is 85.1 Å². The lowest BCUT2D eigenvalue weighted by molar-refractivity contribution is -0.870. The molecule has 0 aromatic rings. The summed E-state index contributed by atoms with van der Waals surface area (Å²) in [5, 5.41) is 0. The van der Waals surface area contributed by atoms with E-state index in [-0.39, 0.29) is 32.0 Å². The summed E-state index contributed by atoms with van der Waals surface area (Å²) >= 11 is 0. The van der Waals surface area contributed by atoms with Gasteiger partial charge in [0, 0.05) is 12.8 Å². The molecule has 0 aliphatic heterocycles. The summed E-state index contributed by atoms with van der Waals surface area (Å²) in [6, 6.07) is 0. The van der Waals surface area contributed by atoms with Crippen LogP contribution in [0.4, 0.5) is 0 Å². The summed E-state index contributed by atoms with van der Waals surface area (Å²) in [6.07, 6.45) is 82.3. The number of esters is 2. The van der Waals surface area contributed by atoms with Gasteiger partial charge in [-0.15, -0.1) is 0 Å². The minimum atomic E-state index is -4.64. The van der Waals surface area contributed by atoms with Gasteiger partial charge in [0.1, 0.15) is 19.8 Å². The van der Waals surface area contributed by atoms with E-state index in [9.17, 15) is 19.0 Å². The quantitative estimate of drug-likeness (QED) is 0.0195. The van der Waals surface area contributed by atoms with E-state index in [0.717, 1.165) is 83.5 Å². The van der Waals surface area contributed by atoms with E-state index in [2.05, 4.69) is 98.9 Å². The average molecular weight is 1140 g/mol. The number of carbonyl (C=O) groups is 2. The molecule has 464 valence electrons. The number of carbonyl (C=O) groups excluding carboxylic acids is 2. The van der Waals surface area contributed by atoms with E-state index >= 15 is 0 Å². The van der Waals surface area contributed by atoms with Gasteiger partial charge in [0.2, 0.25) is 0 Å². The second-order valence-corrected chi connectivity index (χ2v) is 24.9. The second-order valence-electron chi connectivity index (χ2n) is 23.5. The van der Waals surface area contributed by atoms with E-state index in [1.54, 1.807) is 0 Å². The molecule has 2 atom stereocenters. The molecule has 0 N–H and O–H groups in total. The Morgan fingerprint density at radius 3 is 1.06 bits per heavy atom. The van der Waals surface area contributed by atoms with Crippen molar-refractivity contribution < 1.29 is 42.1 Å². The van der Waals surface area contributed by atoms with Crippen molar-refractivity contribution in [3.63, 3.8) is 0 Å². The molecule has 0 amide bonds. The summed E-state index contributed by atoms with van der Waals surface area (Å²) in [6.45, 7) is 4.16. The van der Waals surface area contributed by atoms with Gasteiger partial charge in [-0.2, -0.15) is 0 Å². The van der Waals surface area contributed by atoms with Crippen molar-refractivity contribution in [2.75, 3.05) is 47.5 Å². The molecule has 0 aliphatic rings. The van der Waals surface area contributed by atoms with Crippen LogP contribution in [0.25, 0.3) is 0 Å². The molecule has 0 aromatic carbocycles. The van der Waals surface area contributed by atoms with Crippen molar-refractivity contribution in [1.29, 1.82) is 0 Å². The minimum absolute atomic E-state index is 0.0303. The Balaban J connectivity index is 3.98. The molecule has 0 aromatic heterocycles. The van der Waals surface area contributed by atoms with Crippen LogP contribution in [-0.4, -0.2) is 70.0 Å². The Morgan fingerprint density at radius 1 is 0.400 bits per heavy atom. The topological polar surface area (TPSA) is 111 Å². The maximum Gasteiger partial charge on any atom is 0.306 e. The zero-order valence-corrected chi connectivity index (χ0v) is 53.7. The normalized spacial score (nSPS) is 13.7. The Morgan fingerprint density at radius 2 is 0.713 bits per heavy atom. The third kappa shape index (κ3) is 64.4. The molecule has 0 aliphatic carbocycles. The molecule has 80 heavy (non-hydrogen) atoms. The first-order valence-corrected chi connectivity index (χ1v) is 34.8. The average Bonchev–Trinajstić information content (AvgIpc) is 3.42. The molecule has 0 fully saturated rings. The van der Waals surface area contributed by atoms with E-state index in [1.807, 2.05) is 21.1 Å². The first-order chi connectivity index (χ1) is 39.0. The summed E-state index contributed by atoms with van der Waals surface area (Å²) in [5.74, 6) is -0.821. The predicted octanol–water partition coefficient (Wildman–Crippen LogP) is 20.7. The zero-order chi connectivity index (χ0) is 58.4. The first kappa shape index (κ1) is 77.2. The summed E-state index contributed by atoms with van der Waals surface area (Å²) in [7, 11) is 1.18. The Bertz CT molecular complexity index is 1630. The monoisotopic (exact) mass is 1140 g/mol. The molecule has 0 rings (SSSR count). The highest BCUT2D eigenvalue weighted by Crippen LogP contribution is 2.38. The van der Waals surface area contributed by atoms with Crippen molar-refractivity contribution in [3.05, 3.63) is 85.1 Å². The fourth-order valence-corrected chi connectivity index (χ4v) is 10.1.